The van der Waals surface area contributed by atoms with Crippen molar-refractivity contribution in [3.63, 3.8) is 0 Å². The fourth-order valence-corrected chi connectivity index (χ4v) is 7.32. The van der Waals surface area contributed by atoms with E-state index in [2.05, 4.69) is 35.9 Å². The maximum Gasteiger partial charge on any atom is 0.254 e. The summed E-state index contributed by atoms with van der Waals surface area (Å²) in [5, 5.41) is -0.276. The normalized spacial score (nSPS) is 27.4. The molecule has 0 bridgehead atoms. The van der Waals surface area contributed by atoms with E-state index in [1.165, 1.54) is 11.1 Å². The Morgan fingerprint density at radius 1 is 1.00 bits per heavy atom. The first-order chi connectivity index (χ1) is 16.3. The standard InChI is InChI=1S/C27H36N2O4S/c1-18-4-3-5-21(16-18)20-7-11-23(12-8-20)33-17-26-25(28-34(31,32)24-13-14-24)15-10-22-9-6-19(2)27(30)29(22)26/h3-6,9,16,20,23-26,28H,7-8,10-15,17H2,1-2H3. The van der Waals surface area contributed by atoms with Crippen molar-refractivity contribution in [1.29, 1.82) is 0 Å². The molecule has 1 aromatic carbocycles. The molecule has 7 heteroatoms. The molecule has 6 nitrogen and oxygen atoms in total. The highest BCUT2D eigenvalue weighted by atomic mass is 32.2. The summed E-state index contributed by atoms with van der Waals surface area (Å²) in [4.78, 5) is 13.1. The van der Waals surface area contributed by atoms with Crippen LogP contribution in [0.4, 0.5) is 0 Å². The summed E-state index contributed by atoms with van der Waals surface area (Å²) in [5.41, 5.74) is 4.32. The lowest BCUT2D eigenvalue weighted by Gasteiger charge is -2.37. The Morgan fingerprint density at radius 2 is 1.76 bits per heavy atom. The first kappa shape index (κ1) is 23.8. The third-order valence-corrected chi connectivity index (χ3v) is 9.85. The molecule has 2 fully saturated rings. The number of nitrogens with one attached hydrogen (secondary N) is 1. The van der Waals surface area contributed by atoms with E-state index in [-0.39, 0.29) is 29.0 Å². The van der Waals surface area contributed by atoms with Gasteiger partial charge < -0.3 is 9.30 Å². The topological polar surface area (TPSA) is 77.4 Å². The van der Waals surface area contributed by atoms with Crippen LogP contribution in [0.15, 0.2) is 41.2 Å². The van der Waals surface area contributed by atoms with Crippen LogP contribution in [0.1, 0.15) is 79.3 Å². The van der Waals surface area contributed by atoms with Crippen LogP contribution in [0.25, 0.3) is 0 Å². The van der Waals surface area contributed by atoms with E-state index in [0.29, 0.717) is 30.9 Å². The Morgan fingerprint density at radius 3 is 2.47 bits per heavy atom. The fourth-order valence-electron chi connectivity index (χ4n) is 5.67. The number of hydrogen-bond donors (Lipinski definition) is 1. The second-order valence-corrected chi connectivity index (χ2v) is 12.5. The lowest BCUT2D eigenvalue weighted by Crippen LogP contribution is -2.50. The number of pyridine rings is 1. The van der Waals surface area contributed by atoms with Crippen LogP contribution in [0.5, 0.6) is 0 Å². The molecule has 0 spiro atoms. The van der Waals surface area contributed by atoms with Gasteiger partial charge in [-0.05, 0) is 82.8 Å². The molecule has 2 aromatic rings. The minimum atomic E-state index is -3.35. The van der Waals surface area contributed by atoms with Gasteiger partial charge in [-0.25, -0.2) is 13.1 Å². The zero-order valence-corrected chi connectivity index (χ0v) is 21.0. The Kier molecular flexibility index (Phi) is 6.70. The van der Waals surface area contributed by atoms with Crippen molar-refractivity contribution in [3.8, 4) is 0 Å². The van der Waals surface area contributed by atoms with Gasteiger partial charge in [-0.1, -0.05) is 35.9 Å². The third-order valence-electron chi connectivity index (χ3n) is 7.87. The first-order valence-electron chi connectivity index (χ1n) is 12.7. The molecule has 1 aliphatic heterocycles. The Balaban J connectivity index is 1.29. The maximum atomic E-state index is 13.1. The van der Waals surface area contributed by atoms with Gasteiger partial charge in [0.25, 0.3) is 5.56 Å². The lowest BCUT2D eigenvalue weighted by molar-refractivity contribution is -0.00170. The van der Waals surface area contributed by atoms with Gasteiger partial charge in [0.1, 0.15) is 0 Å². The molecule has 1 aromatic heterocycles. The number of aryl methyl sites for hydroxylation is 3. The Hall–Kier alpha value is -1.96. The molecular weight excluding hydrogens is 448 g/mol. The van der Waals surface area contributed by atoms with E-state index in [9.17, 15) is 13.2 Å². The number of aromatic nitrogens is 1. The number of ether oxygens (including phenoxy) is 1. The summed E-state index contributed by atoms with van der Waals surface area (Å²) in [7, 11) is -3.35. The molecule has 1 N–H and O–H groups in total. The number of hydrogen-bond acceptors (Lipinski definition) is 4. The molecule has 2 unspecified atom stereocenters. The van der Waals surface area contributed by atoms with Crippen molar-refractivity contribution >= 4 is 10.0 Å². The molecule has 0 radical (unpaired) electrons. The van der Waals surface area contributed by atoms with Gasteiger partial charge in [0.15, 0.2) is 0 Å². The number of benzene rings is 1. The van der Waals surface area contributed by atoms with Crippen molar-refractivity contribution in [2.45, 2.75) is 94.6 Å². The van der Waals surface area contributed by atoms with Crippen LogP contribution in [-0.4, -0.2) is 37.0 Å². The molecule has 34 heavy (non-hydrogen) atoms. The fraction of sp³-hybridized carbons (Fsp3) is 0.593. The molecule has 184 valence electrons. The van der Waals surface area contributed by atoms with Crippen LogP contribution >= 0.6 is 0 Å². The minimum Gasteiger partial charge on any atom is -0.376 e. The van der Waals surface area contributed by atoms with Crippen molar-refractivity contribution < 1.29 is 13.2 Å². The molecule has 0 amide bonds. The SMILES string of the molecule is Cc1cccc(C2CCC(OCC3C(NS(=O)(=O)C4CC4)CCc4ccc(C)c(=O)n43)CC2)c1. The van der Waals surface area contributed by atoms with E-state index in [0.717, 1.165) is 44.2 Å². The van der Waals surface area contributed by atoms with Crippen molar-refractivity contribution in [2.24, 2.45) is 0 Å². The van der Waals surface area contributed by atoms with E-state index < -0.39 is 10.0 Å². The Labute approximate surface area is 202 Å². The summed E-state index contributed by atoms with van der Waals surface area (Å²) in [6, 6.07) is 12.0. The van der Waals surface area contributed by atoms with Crippen LogP contribution in [0.2, 0.25) is 0 Å². The first-order valence-corrected chi connectivity index (χ1v) is 14.3. The molecule has 5 rings (SSSR count). The number of fused-ring (bicyclic) bond motifs is 1. The molecular formula is C27H36N2O4S. The summed E-state index contributed by atoms with van der Waals surface area (Å²) in [5.74, 6) is 0.568. The van der Waals surface area contributed by atoms with Gasteiger partial charge in [0.05, 0.1) is 24.0 Å². The predicted molar refractivity (Wildman–Crippen MR) is 134 cm³/mol. The summed E-state index contributed by atoms with van der Waals surface area (Å²) in [6.45, 7) is 4.31. The monoisotopic (exact) mass is 484 g/mol. The Bertz CT molecular complexity index is 1190. The molecule has 2 aliphatic carbocycles. The van der Waals surface area contributed by atoms with Crippen molar-refractivity contribution in [3.05, 3.63) is 69.1 Å². The molecule has 2 saturated carbocycles. The van der Waals surface area contributed by atoms with E-state index in [1.807, 2.05) is 19.1 Å². The highest BCUT2D eigenvalue weighted by Crippen LogP contribution is 2.36. The largest absolute Gasteiger partial charge is 0.376 e. The van der Waals surface area contributed by atoms with Crippen molar-refractivity contribution in [2.75, 3.05) is 6.61 Å². The van der Waals surface area contributed by atoms with E-state index in [4.69, 9.17) is 4.74 Å². The maximum absolute atomic E-state index is 13.1. The van der Waals surface area contributed by atoms with Gasteiger partial charge in [0, 0.05) is 17.3 Å². The highest BCUT2D eigenvalue weighted by molar-refractivity contribution is 7.90. The summed E-state index contributed by atoms with van der Waals surface area (Å²) >= 11 is 0. The van der Waals surface area contributed by atoms with Crippen LogP contribution in [0, 0.1) is 13.8 Å². The highest BCUT2D eigenvalue weighted by Gasteiger charge is 2.40. The van der Waals surface area contributed by atoms with E-state index >= 15 is 0 Å². The second kappa shape index (κ2) is 9.59. The summed E-state index contributed by atoms with van der Waals surface area (Å²) < 4.78 is 36.6. The van der Waals surface area contributed by atoms with Gasteiger partial charge in [-0.2, -0.15) is 0 Å². The zero-order chi connectivity index (χ0) is 23.9. The number of rotatable bonds is 7. The van der Waals surface area contributed by atoms with Crippen LogP contribution in [0.3, 0.4) is 0 Å². The van der Waals surface area contributed by atoms with Gasteiger partial charge in [-0.15, -0.1) is 0 Å². The predicted octanol–water partition coefficient (Wildman–Crippen LogP) is 4.15. The summed E-state index contributed by atoms with van der Waals surface area (Å²) in [6.07, 6.45) is 7.12. The van der Waals surface area contributed by atoms with Gasteiger partial charge >= 0.3 is 0 Å². The van der Waals surface area contributed by atoms with Crippen LogP contribution < -0.4 is 10.3 Å². The molecule has 2 heterocycles. The van der Waals surface area contributed by atoms with E-state index in [1.54, 1.807) is 4.57 Å². The van der Waals surface area contributed by atoms with Gasteiger partial charge in [-0.3, -0.25) is 4.79 Å². The smallest absolute Gasteiger partial charge is 0.254 e. The van der Waals surface area contributed by atoms with Gasteiger partial charge in [0.2, 0.25) is 10.0 Å². The second-order valence-electron chi connectivity index (χ2n) is 10.5. The van der Waals surface area contributed by atoms with Crippen LogP contribution in [-0.2, 0) is 21.2 Å². The minimum absolute atomic E-state index is 0.0374. The molecule has 3 aliphatic rings. The average molecular weight is 485 g/mol. The lowest BCUT2D eigenvalue weighted by atomic mass is 9.82. The average Bonchev–Trinajstić information content (AvgIpc) is 3.67. The number of nitrogens with zero attached hydrogens (tertiary/aromatic N) is 1. The third kappa shape index (κ3) is 5.02. The van der Waals surface area contributed by atoms with Crippen molar-refractivity contribution in [1.82, 2.24) is 9.29 Å². The molecule has 0 saturated heterocycles. The zero-order valence-electron chi connectivity index (χ0n) is 20.2. The molecule has 2 atom stereocenters. The number of sulfonamides is 1. The quantitative estimate of drug-likeness (QED) is 0.641.